The minimum absolute atomic E-state index is 0.323. The van der Waals surface area contributed by atoms with Crippen LogP contribution in [-0.4, -0.2) is 41.8 Å². The highest BCUT2D eigenvalue weighted by atomic mass is 32.1. The highest BCUT2D eigenvalue weighted by Crippen LogP contribution is 2.26. The molecule has 0 bridgehead atoms. The summed E-state index contributed by atoms with van der Waals surface area (Å²) in [6, 6.07) is 9.10. The number of morpholine rings is 1. The lowest BCUT2D eigenvalue weighted by Crippen LogP contribution is -2.45. The van der Waals surface area contributed by atoms with E-state index in [1.807, 2.05) is 11.3 Å². The average molecular weight is 319 g/mol. The predicted octanol–water partition coefficient (Wildman–Crippen LogP) is 2.64. The lowest BCUT2D eigenvalue weighted by atomic mass is 10.1. The maximum absolute atomic E-state index is 5.69. The van der Waals surface area contributed by atoms with Crippen molar-refractivity contribution in [3.05, 3.63) is 46.4 Å². The van der Waals surface area contributed by atoms with Crippen molar-refractivity contribution in [1.82, 2.24) is 14.8 Å². The summed E-state index contributed by atoms with van der Waals surface area (Å²) in [5.74, 6) is 0. The van der Waals surface area contributed by atoms with Crippen LogP contribution in [0.25, 0.3) is 0 Å². The number of aryl methyl sites for hydroxylation is 1. The van der Waals surface area contributed by atoms with Gasteiger partial charge in [0.1, 0.15) is 0 Å². The first-order chi connectivity index (χ1) is 10.7. The molecule has 2 aromatic heterocycles. The molecule has 0 spiro atoms. The van der Waals surface area contributed by atoms with Gasteiger partial charge in [-0.15, -0.1) is 11.3 Å². The molecule has 22 heavy (non-hydrogen) atoms. The van der Waals surface area contributed by atoms with E-state index < -0.39 is 0 Å². The number of hydrogen-bond acceptors (Lipinski definition) is 4. The standard InChI is InChI=1S/C17H25N3OS/c1-14-13-20(8-9-21-14)16(17-6-4-10-22-17)12-18-11-15-5-3-7-19(15)2/h3-7,10,14,16,18H,8-9,11-13H2,1-2H3/t14-,16+/m0/s1. The van der Waals surface area contributed by atoms with Crippen LogP contribution in [0.15, 0.2) is 35.8 Å². The number of nitrogens with one attached hydrogen (secondary N) is 1. The predicted molar refractivity (Wildman–Crippen MR) is 91.2 cm³/mol. The van der Waals surface area contributed by atoms with Crippen LogP contribution in [0.2, 0.25) is 0 Å². The monoisotopic (exact) mass is 319 g/mol. The van der Waals surface area contributed by atoms with E-state index in [1.165, 1.54) is 10.6 Å². The fourth-order valence-corrected chi connectivity index (χ4v) is 3.90. The summed E-state index contributed by atoms with van der Waals surface area (Å²) in [7, 11) is 2.09. The normalized spacial score (nSPS) is 21.1. The fourth-order valence-electron chi connectivity index (χ4n) is 3.04. The molecule has 0 saturated carbocycles. The first kappa shape index (κ1) is 15.7. The molecule has 3 rings (SSSR count). The maximum atomic E-state index is 5.69. The minimum Gasteiger partial charge on any atom is -0.376 e. The van der Waals surface area contributed by atoms with Crippen LogP contribution in [0.1, 0.15) is 23.5 Å². The van der Waals surface area contributed by atoms with Gasteiger partial charge < -0.3 is 14.6 Å². The molecule has 2 aromatic rings. The molecule has 1 N–H and O–H groups in total. The van der Waals surface area contributed by atoms with Crippen LogP contribution < -0.4 is 5.32 Å². The SMILES string of the molecule is C[C@H]1CN([C@H](CNCc2cccn2C)c2cccs2)CCO1. The van der Waals surface area contributed by atoms with Gasteiger partial charge in [0, 0.05) is 50.0 Å². The number of hydrogen-bond donors (Lipinski definition) is 1. The van der Waals surface area contributed by atoms with Gasteiger partial charge in [-0.3, -0.25) is 4.90 Å². The Morgan fingerprint density at radius 1 is 1.41 bits per heavy atom. The molecular weight excluding hydrogens is 294 g/mol. The van der Waals surface area contributed by atoms with Gasteiger partial charge in [0.05, 0.1) is 18.8 Å². The first-order valence-electron chi connectivity index (χ1n) is 7.94. The largest absolute Gasteiger partial charge is 0.376 e. The number of rotatable bonds is 6. The Morgan fingerprint density at radius 3 is 3.00 bits per heavy atom. The van der Waals surface area contributed by atoms with E-state index in [9.17, 15) is 0 Å². The lowest BCUT2D eigenvalue weighted by molar-refractivity contribution is -0.0339. The zero-order valence-electron chi connectivity index (χ0n) is 13.4. The fraction of sp³-hybridized carbons (Fsp3) is 0.529. The zero-order valence-corrected chi connectivity index (χ0v) is 14.2. The summed E-state index contributed by atoms with van der Waals surface area (Å²) in [5.41, 5.74) is 1.32. The summed E-state index contributed by atoms with van der Waals surface area (Å²) < 4.78 is 7.86. The third-order valence-electron chi connectivity index (χ3n) is 4.28. The summed E-state index contributed by atoms with van der Waals surface area (Å²) in [6.07, 6.45) is 2.42. The molecule has 0 amide bonds. The highest BCUT2D eigenvalue weighted by Gasteiger charge is 2.25. The first-order valence-corrected chi connectivity index (χ1v) is 8.82. The van der Waals surface area contributed by atoms with Crippen molar-refractivity contribution in [3.8, 4) is 0 Å². The van der Waals surface area contributed by atoms with E-state index in [2.05, 4.69) is 64.6 Å². The highest BCUT2D eigenvalue weighted by molar-refractivity contribution is 7.10. The van der Waals surface area contributed by atoms with E-state index in [0.29, 0.717) is 12.1 Å². The Labute approximate surface area is 136 Å². The van der Waals surface area contributed by atoms with Crippen LogP contribution >= 0.6 is 11.3 Å². The number of ether oxygens (including phenoxy) is 1. The molecule has 3 heterocycles. The Kier molecular flexibility index (Phi) is 5.31. The molecule has 1 fully saturated rings. The molecule has 120 valence electrons. The Hall–Kier alpha value is -1.14. The molecule has 0 radical (unpaired) electrons. The molecule has 0 aromatic carbocycles. The molecule has 5 heteroatoms. The summed E-state index contributed by atoms with van der Waals surface area (Å²) in [5, 5.41) is 5.80. The van der Waals surface area contributed by atoms with Gasteiger partial charge in [-0.05, 0) is 30.5 Å². The van der Waals surface area contributed by atoms with E-state index in [0.717, 1.165) is 32.8 Å². The van der Waals surface area contributed by atoms with E-state index in [-0.39, 0.29) is 0 Å². The summed E-state index contributed by atoms with van der Waals surface area (Å²) >= 11 is 1.85. The van der Waals surface area contributed by atoms with Gasteiger partial charge >= 0.3 is 0 Å². The third kappa shape index (κ3) is 3.79. The Bertz CT molecular complexity index is 566. The third-order valence-corrected chi connectivity index (χ3v) is 5.25. The van der Waals surface area contributed by atoms with Crippen molar-refractivity contribution in [2.24, 2.45) is 7.05 Å². The minimum atomic E-state index is 0.323. The van der Waals surface area contributed by atoms with Gasteiger partial charge in [0.2, 0.25) is 0 Å². The molecule has 1 saturated heterocycles. The second kappa shape index (κ2) is 7.42. The number of aromatic nitrogens is 1. The molecule has 1 aliphatic heterocycles. The second-order valence-corrected chi connectivity index (χ2v) is 6.93. The van der Waals surface area contributed by atoms with E-state index in [4.69, 9.17) is 4.74 Å². The van der Waals surface area contributed by atoms with Crippen molar-refractivity contribution >= 4 is 11.3 Å². The van der Waals surface area contributed by atoms with Gasteiger partial charge in [-0.2, -0.15) is 0 Å². The van der Waals surface area contributed by atoms with Crippen molar-refractivity contribution in [1.29, 1.82) is 0 Å². The molecule has 1 aliphatic rings. The van der Waals surface area contributed by atoms with Crippen LogP contribution in [0, 0.1) is 0 Å². The maximum Gasteiger partial charge on any atom is 0.0674 e. The number of nitrogens with zero attached hydrogens (tertiary/aromatic N) is 2. The molecule has 2 atom stereocenters. The molecule has 4 nitrogen and oxygen atoms in total. The topological polar surface area (TPSA) is 29.4 Å². The molecule has 0 unspecified atom stereocenters. The van der Waals surface area contributed by atoms with Gasteiger partial charge in [-0.25, -0.2) is 0 Å². The van der Waals surface area contributed by atoms with Gasteiger partial charge in [0.15, 0.2) is 0 Å². The summed E-state index contributed by atoms with van der Waals surface area (Å²) in [6.45, 7) is 6.90. The molecular formula is C17H25N3OS. The van der Waals surface area contributed by atoms with Crippen molar-refractivity contribution < 1.29 is 4.74 Å². The smallest absolute Gasteiger partial charge is 0.0674 e. The lowest BCUT2D eigenvalue weighted by Gasteiger charge is -2.37. The van der Waals surface area contributed by atoms with Crippen LogP contribution in [0.3, 0.4) is 0 Å². The van der Waals surface area contributed by atoms with Crippen molar-refractivity contribution in [2.75, 3.05) is 26.2 Å². The van der Waals surface area contributed by atoms with Gasteiger partial charge in [-0.1, -0.05) is 6.07 Å². The Balaban J connectivity index is 1.63. The quantitative estimate of drug-likeness (QED) is 0.887. The average Bonchev–Trinajstić information content (AvgIpc) is 3.16. The Morgan fingerprint density at radius 2 is 2.32 bits per heavy atom. The van der Waals surface area contributed by atoms with Crippen LogP contribution in [0.4, 0.5) is 0 Å². The van der Waals surface area contributed by atoms with E-state index >= 15 is 0 Å². The van der Waals surface area contributed by atoms with Crippen molar-refractivity contribution in [3.63, 3.8) is 0 Å². The van der Waals surface area contributed by atoms with Crippen molar-refractivity contribution in [2.45, 2.75) is 25.6 Å². The molecule has 0 aliphatic carbocycles. The van der Waals surface area contributed by atoms with E-state index in [1.54, 1.807) is 0 Å². The second-order valence-electron chi connectivity index (χ2n) is 5.95. The van der Waals surface area contributed by atoms with Crippen LogP contribution in [-0.2, 0) is 18.3 Å². The number of thiophene rings is 1. The van der Waals surface area contributed by atoms with Crippen LogP contribution in [0.5, 0.6) is 0 Å². The zero-order chi connectivity index (χ0) is 15.4. The van der Waals surface area contributed by atoms with Gasteiger partial charge in [0.25, 0.3) is 0 Å². The summed E-state index contributed by atoms with van der Waals surface area (Å²) in [4.78, 5) is 3.99.